The molecule has 1 spiro atoms. The summed E-state index contributed by atoms with van der Waals surface area (Å²) in [5.74, 6) is 2.69. The molecule has 0 bridgehead atoms. The van der Waals surface area contributed by atoms with Crippen LogP contribution >= 0.6 is 0 Å². The second kappa shape index (κ2) is 10.0. The van der Waals surface area contributed by atoms with Gasteiger partial charge in [-0.3, -0.25) is 9.36 Å². The average molecular weight is 568 g/mol. The van der Waals surface area contributed by atoms with Gasteiger partial charge in [0.1, 0.15) is 35.8 Å². The number of fused-ring (bicyclic) bond motifs is 6. The van der Waals surface area contributed by atoms with Crippen molar-refractivity contribution < 1.29 is 14.3 Å². The number of benzene rings is 1. The molecule has 1 aromatic carbocycles. The molecule has 4 aromatic rings. The summed E-state index contributed by atoms with van der Waals surface area (Å²) in [5.41, 5.74) is 4.01. The zero-order chi connectivity index (χ0) is 29.1. The van der Waals surface area contributed by atoms with Crippen LogP contribution in [0.1, 0.15) is 51.9 Å². The van der Waals surface area contributed by atoms with Crippen LogP contribution in [0.5, 0.6) is 5.75 Å². The molecule has 0 N–H and O–H groups in total. The number of pyridine rings is 1. The van der Waals surface area contributed by atoms with E-state index in [1.165, 1.54) is 5.56 Å². The molecule has 42 heavy (non-hydrogen) atoms. The summed E-state index contributed by atoms with van der Waals surface area (Å²) in [5, 5.41) is 0. The van der Waals surface area contributed by atoms with Crippen LogP contribution in [0.4, 0.5) is 5.95 Å². The van der Waals surface area contributed by atoms with E-state index in [1.807, 2.05) is 56.3 Å². The molecular formula is C32H37N7O3. The molecule has 0 aliphatic carbocycles. The molecule has 1 saturated heterocycles. The number of amides is 1. The van der Waals surface area contributed by atoms with Crippen LogP contribution < -0.4 is 9.64 Å². The molecule has 1 amide bonds. The van der Waals surface area contributed by atoms with Crippen molar-refractivity contribution in [1.29, 1.82) is 0 Å². The quantitative estimate of drug-likeness (QED) is 0.362. The standard InChI is InChI=1S/C32H37N7O3/c1-21-18-37(14-15-38(21)28(40)19-42-31(2,3)4)30-33-16-22(17-34-30)24-11-12-25-29(36-24)39-27(35-25)10-7-13-32(39)20-41-26-9-6-5-8-23(26)32/h5-6,8-9,11-12,16-17,21H,7,10,13-15,18-20H2,1-4H3/t21-,32?/m0/s1. The molecule has 10 heteroatoms. The topological polar surface area (TPSA) is 98.5 Å². The third-order valence-electron chi connectivity index (χ3n) is 8.64. The van der Waals surface area contributed by atoms with Gasteiger partial charge < -0.3 is 19.3 Å². The number of piperazine rings is 1. The van der Waals surface area contributed by atoms with E-state index in [2.05, 4.69) is 34.6 Å². The van der Waals surface area contributed by atoms with Crippen molar-refractivity contribution in [3.05, 3.63) is 60.2 Å². The molecular weight excluding hydrogens is 530 g/mol. The summed E-state index contributed by atoms with van der Waals surface area (Å²) in [6, 6.07) is 12.4. The zero-order valence-corrected chi connectivity index (χ0v) is 24.7. The van der Waals surface area contributed by atoms with Gasteiger partial charge in [0.2, 0.25) is 11.9 Å². The SMILES string of the molecule is C[C@H]1CN(c2ncc(-c3ccc4nc5n(c4n3)C3(CCC5)COc4ccccc43)cn2)CCN1C(=O)COC(C)(C)C. The highest BCUT2D eigenvalue weighted by Gasteiger charge is 2.46. The zero-order valence-electron chi connectivity index (χ0n) is 24.7. The molecule has 1 unspecified atom stereocenters. The van der Waals surface area contributed by atoms with E-state index in [0.29, 0.717) is 32.2 Å². The van der Waals surface area contributed by atoms with Gasteiger partial charge in [-0.05, 0) is 58.7 Å². The van der Waals surface area contributed by atoms with Crippen LogP contribution in [0.15, 0.2) is 48.8 Å². The maximum Gasteiger partial charge on any atom is 0.248 e. The number of imidazole rings is 1. The smallest absolute Gasteiger partial charge is 0.248 e. The minimum absolute atomic E-state index is 0.0197. The van der Waals surface area contributed by atoms with Gasteiger partial charge in [-0.15, -0.1) is 0 Å². The van der Waals surface area contributed by atoms with Gasteiger partial charge >= 0.3 is 0 Å². The Kier molecular flexibility index (Phi) is 6.42. The number of rotatable bonds is 4. The molecule has 3 aliphatic heterocycles. The van der Waals surface area contributed by atoms with Crippen molar-refractivity contribution in [2.45, 2.75) is 64.1 Å². The Morgan fingerprint density at radius 1 is 1.10 bits per heavy atom. The number of anilines is 1. The van der Waals surface area contributed by atoms with Crippen LogP contribution in [0, 0.1) is 0 Å². The molecule has 3 aromatic heterocycles. The van der Waals surface area contributed by atoms with Crippen molar-refractivity contribution in [2.75, 3.05) is 37.7 Å². The van der Waals surface area contributed by atoms with E-state index in [0.717, 1.165) is 53.3 Å². The third kappa shape index (κ3) is 4.58. The van der Waals surface area contributed by atoms with Gasteiger partial charge in [0.15, 0.2) is 5.65 Å². The number of para-hydroxylation sites is 1. The van der Waals surface area contributed by atoms with E-state index < -0.39 is 0 Å². The number of carbonyl (C=O) groups is 1. The summed E-state index contributed by atoms with van der Waals surface area (Å²) in [4.78, 5) is 36.3. The van der Waals surface area contributed by atoms with Gasteiger partial charge in [-0.25, -0.2) is 19.9 Å². The predicted molar refractivity (Wildman–Crippen MR) is 160 cm³/mol. The van der Waals surface area contributed by atoms with E-state index in [-0.39, 0.29) is 29.7 Å². The van der Waals surface area contributed by atoms with Crippen LogP contribution in [-0.4, -0.2) is 79.8 Å². The number of hydrogen-bond donors (Lipinski definition) is 0. The van der Waals surface area contributed by atoms with Gasteiger partial charge in [-0.2, -0.15) is 0 Å². The van der Waals surface area contributed by atoms with E-state index in [1.54, 1.807) is 0 Å². The second-order valence-electron chi connectivity index (χ2n) is 12.6. The first kappa shape index (κ1) is 26.8. The number of ether oxygens (including phenoxy) is 2. The lowest BCUT2D eigenvalue weighted by Crippen LogP contribution is -2.55. The number of aromatic nitrogens is 5. The first-order valence-corrected chi connectivity index (χ1v) is 14.8. The molecule has 0 saturated carbocycles. The fraction of sp³-hybridized carbons (Fsp3) is 0.469. The lowest BCUT2D eigenvalue weighted by molar-refractivity contribution is -0.143. The molecule has 3 aliphatic rings. The Bertz CT molecular complexity index is 1640. The Morgan fingerprint density at radius 3 is 2.69 bits per heavy atom. The van der Waals surface area contributed by atoms with E-state index in [9.17, 15) is 4.79 Å². The Balaban J connectivity index is 1.12. The fourth-order valence-corrected chi connectivity index (χ4v) is 6.56. The van der Waals surface area contributed by atoms with E-state index >= 15 is 0 Å². The molecule has 7 rings (SSSR count). The van der Waals surface area contributed by atoms with Gasteiger partial charge in [0, 0.05) is 55.6 Å². The lowest BCUT2D eigenvalue weighted by Gasteiger charge is -2.40. The molecule has 10 nitrogen and oxygen atoms in total. The number of hydrogen-bond acceptors (Lipinski definition) is 8. The van der Waals surface area contributed by atoms with Crippen LogP contribution in [0.2, 0.25) is 0 Å². The highest BCUT2D eigenvalue weighted by molar-refractivity contribution is 5.78. The number of nitrogens with zero attached hydrogens (tertiary/aromatic N) is 7. The average Bonchev–Trinajstić information content (AvgIpc) is 3.55. The molecule has 0 radical (unpaired) electrons. The highest BCUT2D eigenvalue weighted by Crippen LogP contribution is 2.47. The predicted octanol–water partition coefficient (Wildman–Crippen LogP) is 4.21. The van der Waals surface area contributed by atoms with Crippen molar-refractivity contribution in [3.8, 4) is 17.0 Å². The molecule has 218 valence electrons. The summed E-state index contributed by atoms with van der Waals surface area (Å²) < 4.78 is 14.2. The number of aryl methyl sites for hydroxylation is 1. The molecule has 1 fully saturated rings. The minimum atomic E-state index is -0.342. The fourth-order valence-electron chi connectivity index (χ4n) is 6.56. The summed E-state index contributed by atoms with van der Waals surface area (Å²) in [6.07, 6.45) is 6.66. The summed E-state index contributed by atoms with van der Waals surface area (Å²) >= 11 is 0. The summed E-state index contributed by atoms with van der Waals surface area (Å²) in [7, 11) is 0. The van der Waals surface area contributed by atoms with Gasteiger partial charge in [0.05, 0.1) is 11.3 Å². The van der Waals surface area contributed by atoms with Gasteiger partial charge in [-0.1, -0.05) is 18.2 Å². The van der Waals surface area contributed by atoms with Crippen molar-refractivity contribution in [3.63, 3.8) is 0 Å². The third-order valence-corrected chi connectivity index (χ3v) is 8.64. The van der Waals surface area contributed by atoms with Gasteiger partial charge in [0.25, 0.3) is 0 Å². The monoisotopic (exact) mass is 567 g/mol. The maximum absolute atomic E-state index is 12.7. The first-order valence-electron chi connectivity index (χ1n) is 14.8. The molecule has 2 atom stereocenters. The highest BCUT2D eigenvalue weighted by atomic mass is 16.5. The first-order chi connectivity index (χ1) is 20.2. The Hall–Kier alpha value is -4.05. The van der Waals surface area contributed by atoms with E-state index in [4.69, 9.17) is 29.4 Å². The summed E-state index contributed by atoms with van der Waals surface area (Å²) in [6.45, 7) is 10.6. The van der Waals surface area contributed by atoms with Crippen LogP contribution in [0.3, 0.4) is 0 Å². The van der Waals surface area contributed by atoms with Crippen LogP contribution in [-0.2, 0) is 21.5 Å². The maximum atomic E-state index is 12.7. The van der Waals surface area contributed by atoms with Crippen molar-refractivity contribution >= 4 is 23.0 Å². The van der Waals surface area contributed by atoms with Crippen molar-refractivity contribution in [1.82, 2.24) is 29.4 Å². The number of carbonyl (C=O) groups excluding carboxylic acids is 1. The normalized spacial score (nSPS) is 21.9. The Labute approximate surface area is 245 Å². The van der Waals surface area contributed by atoms with Crippen molar-refractivity contribution in [2.24, 2.45) is 0 Å². The van der Waals surface area contributed by atoms with Crippen LogP contribution in [0.25, 0.3) is 22.4 Å². The lowest BCUT2D eigenvalue weighted by atomic mass is 9.83. The molecule has 6 heterocycles. The largest absolute Gasteiger partial charge is 0.490 e. The second-order valence-corrected chi connectivity index (χ2v) is 12.6. The Morgan fingerprint density at radius 2 is 1.90 bits per heavy atom. The minimum Gasteiger partial charge on any atom is -0.490 e.